The summed E-state index contributed by atoms with van der Waals surface area (Å²) in [6.07, 6.45) is -0.586. The number of carbonyl (C=O) groups excluding carboxylic acids is 1. The number of carbonyl (C=O) groups is 1. The Morgan fingerprint density at radius 2 is 1.66 bits per heavy atom. The molecule has 10 heteroatoms. The van der Waals surface area contributed by atoms with Gasteiger partial charge in [-0.3, -0.25) is 9.78 Å². The number of hydrogen-bond acceptors (Lipinski definition) is 9. The van der Waals surface area contributed by atoms with Gasteiger partial charge >= 0.3 is 0 Å². The summed E-state index contributed by atoms with van der Waals surface area (Å²) in [5, 5.41) is 33.1. The largest absolute Gasteiger partial charge is 0.508 e. The molecule has 1 saturated heterocycles. The molecule has 0 spiro atoms. The summed E-state index contributed by atoms with van der Waals surface area (Å²) >= 11 is 0. The predicted molar refractivity (Wildman–Crippen MR) is 177 cm³/mol. The van der Waals surface area contributed by atoms with Crippen molar-refractivity contribution in [1.82, 2.24) is 14.9 Å². The molecule has 1 amide bonds. The number of rotatable bonds is 10. The average Bonchev–Trinajstić information content (AvgIpc) is 3.09. The zero-order valence-electron chi connectivity index (χ0n) is 26.2. The average molecular weight is 635 g/mol. The molecule has 0 saturated carbocycles. The van der Waals surface area contributed by atoms with Crippen molar-refractivity contribution in [2.24, 2.45) is 5.92 Å². The fraction of sp³-hybridized carbons (Fsp3) is 0.270. The predicted octanol–water partition coefficient (Wildman–Crippen LogP) is 5.54. The quantitative estimate of drug-likeness (QED) is 0.156. The van der Waals surface area contributed by atoms with Crippen LogP contribution in [0, 0.1) is 5.92 Å². The third-order valence-corrected chi connectivity index (χ3v) is 8.48. The summed E-state index contributed by atoms with van der Waals surface area (Å²) in [5.74, 6) is -0.304. The van der Waals surface area contributed by atoms with Gasteiger partial charge in [0.25, 0.3) is 5.91 Å². The highest BCUT2D eigenvalue weighted by Crippen LogP contribution is 2.42. The number of phenolic OH excluding ortho intramolecular Hbond substituents is 1. The Kier molecular flexibility index (Phi) is 9.86. The first-order valence-corrected chi connectivity index (χ1v) is 15.6. The van der Waals surface area contributed by atoms with E-state index >= 15 is 0 Å². The molecule has 1 aromatic heterocycles. The van der Waals surface area contributed by atoms with Gasteiger partial charge in [-0.2, -0.15) is 0 Å². The minimum Gasteiger partial charge on any atom is -0.508 e. The van der Waals surface area contributed by atoms with Crippen LogP contribution in [0.25, 0.3) is 11.0 Å². The van der Waals surface area contributed by atoms with Crippen LogP contribution in [0.2, 0.25) is 0 Å². The Hall–Kier alpha value is -4.71. The van der Waals surface area contributed by atoms with Crippen LogP contribution < -0.4 is 5.32 Å². The van der Waals surface area contributed by atoms with Crippen LogP contribution in [0.5, 0.6) is 5.75 Å². The van der Waals surface area contributed by atoms with Gasteiger partial charge in [0.05, 0.1) is 42.1 Å². The molecule has 2 heterocycles. The van der Waals surface area contributed by atoms with Crippen LogP contribution in [0.15, 0.2) is 103 Å². The van der Waals surface area contributed by atoms with E-state index in [0.29, 0.717) is 29.9 Å². The molecule has 4 N–H and O–H groups in total. The second kappa shape index (κ2) is 14.4. The molecule has 47 heavy (non-hydrogen) atoms. The van der Waals surface area contributed by atoms with Crippen molar-refractivity contribution >= 4 is 22.6 Å². The highest BCUT2D eigenvalue weighted by Gasteiger charge is 2.39. The minimum absolute atomic E-state index is 0.0433. The van der Waals surface area contributed by atoms with Crippen LogP contribution in [0.3, 0.4) is 0 Å². The lowest BCUT2D eigenvalue weighted by molar-refractivity contribution is -0.276. The number of ether oxygens (including phenoxy) is 2. The van der Waals surface area contributed by atoms with E-state index in [2.05, 4.69) is 22.2 Å². The third kappa shape index (κ3) is 7.65. The van der Waals surface area contributed by atoms with Gasteiger partial charge in [0.1, 0.15) is 11.4 Å². The number of anilines is 1. The molecular weight excluding hydrogens is 596 g/mol. The number of nitrogens with zero attached hydrogens (tertiary/aromatic N) is 3. The lowest BCUT2D eigenvalue weighted by atomic mass is 9.90. The Balaban J connectivity index is 1.18. The number of benzene rings is 4. The first kappa shape index (κ1) is 32.2. The maximum absolute atomic E-state index is 12.9. The van der Waals surface area contributed by atoms with E-state index in [1.54, 1.807) is 36.4 Å². The number of para-hydroxylation sites is 2. The summed E-state index contributed by atoms with van der Waals surface area (Å²) in [4.78, 5) is 23.7. The molecule has 4 aromatic carbocycles. The van der Waals surface area contributed by atoms with Crippen LogP contribution >= 0.6 is 0 Å². The van der Waals surface area contributed by atoms with Crippen molar-refractivity contribution in [3.8, 4) is 5.75 Å². The van der Waals surface area contributed by atoms with Crippen molar-refractivity contribution in [3.63, 3.8) is 0 Å². The Morgan fingerprint density at radius 3 is 2.38 bits per heavy atom. The zero-order chi connectivity index (χ0) is 32.9. The van der Waals surface area contributed by atoms with Gasteiger partial charge in [0.2, 0.25) is 0 Å². The number of likely N-dealkylation sites (N-methyl/N-ethyl adjacent to an activating group) is 1. The number of aromatic nitrogens is 2. The van der Waals surface area contributed by atoms with Crippen molar-refractivity contribution in [2.75, 3.05) is 25.5 Å². The SMILES string of the molecule is C[C@@H]1[C@H](CN(C)C[C@@H](O)c2cccc(O)c2)O[C@H](c2ccc(NC(=O)c3cnc4ccccc4n3)cc2)O[C@@H]1c1ccc(CO)cc1. The first-order chi connectivity index (χ1) is 22.8. The summed E-state index contributed by atoms with van der Waals surface area (Å²) in [6.45, 7) is 2.90. The van der Waals surface area contributed by atoms with Gasteiger partial charge in [-0.05, 0) is 60.1 Å². The number of hydrogen-bond donors (Lipinski definition) is 4. The summed E-state index contributed by atoms with van der Waals surface area (Å²) < 4.78 is 13.1. The fourth-order valence-corrected chi connectivity index (χ4v) is 5.83. The number of aliphatic hydroxyl groups is 2. The number of amides is 1. The molecule has 5 aromatic rings. The molecule has 1 fully saturated rings. The van der Waals surface area contributed by atoms with E-state index < -0.39 is 12.4 Å². The second-order valence-corrected chi connectivity index (χ2v) is 12.0. The zero-order valence-corrected chi connectivity index (χ0v) is 26.2. The Labute approximate surface area is 273 Å². The third-order valence-electron chi connectivity index (χ3n) is 8.48. The van der Waals surface area contributed by atoms with Gasteiger partial charge < -0.3 is 35.0 Å². The van der Waals surface area contributed by atoms with E-state index in [1.165, 1.54) is 6.20 Å². The summed E-state index contributed by atoms with van der Waals surface area (Å²) in [5.41, 5.74) is 5.37. The van der Waals surface area contributed by atoms with E-state index in [-0.39, 0.29) is 42.1 Å². The fourth-order valence-electron chi connectivity index (χ4n) is 5.83. The molecule has 0 bridgehead atoms. The number of phenols is 1. The first-order valence-electron chi connectivity index (χ1n) is 15.6. The molecule has 5 atom stereocenters. The van der Waals surface area contributed by atoms with Gasteiger partial charge in [0, 0.05) is 30.3 Å². The molecule has 1 aliphatic rings. The highest BCUT2D eigenvalue weighted by molar-refractivity contribution is 6.03. The maximum atomic E-state index is 12.9. The van der Waals surface area contributed by atoms with E-state index in [9.17, 15) is 20.1 Å². The Bertz CT molecular complexity index is 1820. The number of aromatic hydroxyl groups is 1. The monoisotopic (exact) mass is 634 g/mol. The summed E-state index contributed by atoms with van der Waals surface area (Å²) in [6, 6.07) is 29.1. The van der Waals surface area contributed by atoms with Crippen molar-refractivity contribution in [3.05, 3.63) is 131 Å². The van der Waals surface area contributed by atoms with Gasteiger partial charge in [-0.1, -0.05) is 67.6 Å². The normalized spacial score (nSPS) is 20.3. The minimum atomic E-state index is -0.789. The van der Waals surface area contributed by atoms with Gasteiger partial charge in [-0.25, -0.2) is 4.98 Å². The van der Waals surface area contributed by atoms with Crippen LogP contribution in [-0.4, -0.2) is 62.3 Å². The van der Waals surface area contributed by atoms with Crippen molar-refractivity contribution in [2.45, 2.75) is 38.1 Å². The molecular formula is C37H38N4O6. The second-order valence-electron chi connectivity index (χ2n) is 12.0. The van der Waals surface area contributed by atoms with Gasteiger partial charge in [0.15, 0.2) is 6.29 Å². The molecule has 10 nitrogen and oxygen atoms in total. The van der Waals surface area contributed by atoms with E-state index in [0.717, 1.165) is 22.2 Å². The topological polar surface area (TPSA) is 137 Å². The molecule has 0 aliphatic carbocycles. The molecule has 0 unspecified atom stereocenters. The smallest absolute Gasteiger partial charge is 0.275 e. The molecule has 0 radical (unpaired) electrons. The van der Waals surface area contributed by atoms with Crippen molar-refractivity contribution < 1.29 is 29.6 Å². The summed E-state index contributed by atoms with van der Waals surface area (Å²) in [7, 11) is 1.93. The van der Waals surface area contributed by atoms with Crippen LogP contribution in [0.4, 0.5) is 5.69 Å². The number of aliphatic hydroxyl groups excluding tert-OH is 2. The highest BCUT2D eigenvalue weighted by atomic mass is 16.7. The standard InChI is InChI=1S/C37H38N4O6/c1-23-34(21-41(2)20-33(44)27-6-5-7-29(43)18-27)46-37(47-35(23)25-12-10-24(22-42)11-13-25)26-14-16-28(17-15-26)39-36(45)32-19-38-30-8-3-4-9-31(30)40-32/h3-19,23,33-35,37,42-44H,20-22H2,1-2H3,(H,39,45)/t23-,33-,34+,35+,37+/m1/s1. The van der Waals surface area contributed by atoms with Crippen molar-refractivity contribution in [1.29, 1.82) is 0 Å². The Morgan fingerprint density at radius 1 is 0.936 bits per heavy atom. The number of nitrogens with one attached hydrogen (secondary N) is 1. The lowest BCUT2D eigenvalue weighted by Crippen LogP contribution is -2.44. The molecule has 242 valence electrons. The molecule has 6 rings (SSSR count). The van der Waals surface area contributed by atoms with E-state index in [4.69, 9.17) is 9.47 Å². The number of fused-ring (bicyclic) bond motifs is 1. The van der Waals surface area contributed by atoms with Gasteiger partial charge in [-0.15, -0.1) is 0 Å². The van der Waals surface area contributed by atoms with E-state index in [1.807, 2.05) is 72.6 Å². The van der Waals surface area contributed by atoms with Crippen LogP contribution in [-0.2, 0) is 16.1 Å². The van der Waals surface area contributed by atoms with Crippen LogP contribution in [0.1, 0.15) is 58.2 Å². The maximum Gasteiger partial charge on any atom is 0.275 e. The molecule has 1 aliphatic heterocycles. The lowest BCUT2D eigenvalue weighted by Gasteiger charge is -2.42.